The molecule has 0 aliphatic heterocycles. The molecule has 0 unspecified atom stereocenters. The van der Waals surface area contributed by atoms with Gasteiger partial charge in [0.1, 0.15) is 0 Å². The summed E-state index contributed by atoms with van der Waals surface area (Å²) in [6.07, 6.45) is 1.76. The van der Waals surface area contributed by atoms with Crippen molar-refractivity contribution in [3.8, 4) is 0 Å². The third-order valence-electron chi connectivity index (χ3n) is 2.18. The Hall–Kier alpha value is -1.38. The van der Waals surface area contributed by atoms with Gasteiger partial charge in [-0.2, -0.15) is 0 Å². The fourth-order valence-corrected chi connectivity index (χ4v) is 1.49. The van der Waals surface area contributed by atoms with Gasteiger partial charge in [-0.1, -0.05) is 0 Å². The highest BCUT2D eigenvalue weighted by Gasteiger charge is 2.08. The van der Waals surface area contributed by atoms with Gasteiger partial charge in [0.05, 0.1) is 5.52 Å². The summed E-state index contributed by atoms with van der Waals surface area (Å²) < 4.78 is 27.8. The van der Waals surface area contributed by atoms with Crippen molar-refractivity contribution in [3.05, 3.63) is 36.0 Å². The maximum Gasteiger partial charge on any atom is 0.168 e. The molecule has 0 saturated heterocycles. The van der Waals surface area contributed by atoms with Crippen molar-refractivity contribution in [3.63, 3.8) is 0 Å². The molecule has 2 rings (SSSR count). The van der Waals surface area contributed by atoms with Crippen LogP contribution in [-0.2, 0) is 6.54 Å². The molecule has 1 heterocycles. The minimum atomic E-state index is -0.790. The zero-order valence-electron chi connectivity index (χ0n) is 7.22. The maximum atomic E-state index is 13.2. The monoisotopic (exact) mass is 181 g/mol. The molecule has 0 radical (unpaired) electrons. The Morgan fingerprint density at radius 2 is 2.00 bits per heavy atom. The van der Waals surface area contributed by atoms with Gasteiger partial charge in [0.2, 0.25) is 0 Å². The van der Waals surface area contributed by atoms with Gasteiger partial charge in [0.25, 0.3) is 0 Å². The molecule has 0 aliphatic carbocycles. The number of halogens is 2. The molecule has 0 fully saturated rings. The van der Waals surface area contributed by atoms with Crippen LogP contribution >= 0.6 is 0 Å². The van der Waals surface area contributed by atoms with Crippen molar-refractivity contribution in [1.29, 1.82) is 0 Å². The first kappa shape index (κ1) is 8.23. The lowest BCUT2D eigenvalue weighted by molar-refractivity contribution is 0.517. The molecule has 0 N–H and O–H groups in total. The first-order valence-corrected chi connectivity index (χ1v) is 4.17. The van der Waals surface area contributed by atoms with Crippen LogP contribution in [0.1, 0.15) is 6.92 Å². The van der Waals surface area contributed by atoms with E-state index in [1.165, 1.54) is 0 Å². The van der Waals surface area contributed by atoms with E-state index in [4.69, 9.17) is 0 Å². The Morgan fingerprint density at radius 3 is 2.69 bits per heavy atom. The lowest BCUT2D eigenvalue weighted by atomic mass is 10.2. The zero-order valence-corrected chi connectivity index (χ0v) is 7.22. The van der Waals surface area contributed by atoms with Crippen LogP contribution in [0, 0.1) is 11.6 Å². The maximum absolute atomic E-state index is 13.2. The number of benzene rings is 1. The molecule has 3 heteroatoms. The molecule has 0 bridgehead atoms. The van der Waals surface area contributed by atoms with Crippen molar-refractivity contribution in [1.82, 2.24) is 4.57 Å². The van der Waals surface area contributed by atoms with Gasteiger partial charge < -0.3 is 4.57 Å². The van der Waals surface area contributed by atoms with E-state index in [1.807, 2.05) is 11.5 Å². The van der Waals surface area contributed by atoms with Crippen LogP contribution < -0.4 is 0 Å². The van der Waals surface area contributed by atoms with E-state index in [0.717, 1.165) is 18.1 Å². The Bertz CT molecular complexity index is 445. The fraction of sp³-hybridized carbons (Fsp3) is 0.200. The van der Waals surface area contributed by atoms with E-state index in [-0.39, 0.29) is 0 Å². The molecule has 0 saturated carbocycles. The summed E-state index contributed by atoms with van der Waals surface area (Å²) in [6.45, 7) is 2.72. The summed E-state index contributed by atoms with van der Waals surface area (Å²) in [5.74, 6) is -1.55. The highest BCUT2D eigenvalue weighted by atomic mass is 19.2. The first-order chi connectivity index (χ1) is 6.24. The van der Waals surface area contributed by atoms with Gasteiger partial charge in [-0.05, 0) is 25.1 Å². The average Bonchev–Trinajstić information content (AvgIpc) is 2.55. The number of hydrogen-bond donors (Lipinski definition) is 0. The van der Waals surface area contributed by atoms with Crippen LogP contribution in [0.2, 0.25) is 0 Å². The molecule has 1 nitrogen and oxygen atoms in total. The average molecular weight is 181 g/mol. The highest BCUT2D eigenvalue weighted by Crippen LogP contribution is 2.21. The second-order valence-electron chi connectivity index (χ2n) is 2.90. The van der Waals surface area contributed by atoms with Gasteiger partial charge in [-0.25, -0.2) is 8.78 Å². The number of aryl methyl sites for hydroxylation is 1. The van der Waals surface area contributed by atoms with E-state index in [1.54, 1.807) is 18.3 Å². The van der Waals surface area contributed by atoms with Crippen molar-refractivity contribution < 1.29 is 8.78 Å². The van der Waals surface area contributed by atoms with E-state index >= 15 is 0 Å². The van der Waals surface area contributed by atoms with Crippen LogP contribution in [0.5, 0.6) is 0 Å². The predicted octanol–water partition coefficient (Wildman–Crippen LogP) is 2.94. The van der Waals surface area contributed by atoms with E-state index < -0.39 is 11.6 Å². The summed E-state index contributed by atoms with van der Waals surface area (Å²) in [6, 6.07) is 4.35. The van der Waals surface area contributed by atoms with Crippen molar-refractivity contribution in [2.24, 2.45) is 0 Å². The number of fused-ring (bicyclic) bond motifs is 1. The Kier molecular flexibility index (Phi) is 1.79. The van der Waals surface area contributed by atoms with Gasteiger partial charge in [0.15, 0.2) is 11.6 Å². The standard InChI is InChI=1S/C10H9F2N/c1-2-13-6-5-7-9(13)4-3-8(11)10(7)12/h3-6H,2H2,1H3. The van der Waals surface area contributed by atoms with Gasteiger partial charge >= 0.3 is 0 Å². The minimum absolute atomic E-state index is 0.349. The van der Waals surface area contributed by atoms with Gasteiger partial charge in [-0.3, -0.25) is 0 Å². The summed E-state index contributed by atoms with van der Waals surface area (Å²) in [4.78, 5) is 0. The van der Waals surface area contributed by atoms with Crippen molar-refractivity contribution in [2.45, 2.75) is 13.5 Å². The van der Waals surface area contributed by atoms with Gasteiger partial charge in [0, 0.05) is 18.1 Å². The Balaban J connectivity index is 2.81. The molecule has 68 valence electrons. The number of hydrogen-bond acceptors (Lipinski definition) is 0. The second-order valence-corrected chi connectivity index (χ2v) is 2.90. The van der Waals surface area contributed by atoms with Crippen LogP contribution in [0.25, 0.3) is 10.9 Å². The summed E-state index contributed by atoms with van der Waals surface area (Å²) in [5.41, 5.74) is 0.737. The smallest absolute Gasteiger partial charge is 0.168 e. The van der Waals surface area contributed by atoms with E-state index in [9.17, 15) is 8.78 Å². The predicted molar refractivity (Wildman–Crippen MR) is 47.5 cm³/mol. The third kappa shape index (κ3) is 1.11. The molecule has 13 heavy (non-hydrogen) atoms. The molecule has 0 amide bonds. The zero-order chi connectivity index (χ0) is 9.42. The molecule has 1 aromatic carbocycles. The minimum Gasteiger partial charge on any atom is -0.348 e. The normalized spacial score (nSPS) is 11.0. The third-order valence-corrected chi connectivity index (χ3v) is 2.18. The topological polar surface area (TPSA) is 4.93 Å². The molecule has 0 atom stereocenters. The fourth-order valence-electron chi connectivity index (χ4n) is 1.49. The van der Waals surface area contributed by atoms with Crippen molar-refractivity contribution in [2.75, 3.05) is 0 Å². The number of aromatic nitrogens is 1. The number of nitrogens with zero attached hydrogens (tertiary/aromatic N) is 1. The Labute approximate surface area is 74.6 Å². The first-order valence-electron chi connectivity index (χ1n) is 4.17. The lowest BCUT2D eigenvalue weighted by Gasteiger charge is -2.00. The van der Waals surface area contributed by atoms with Crippen LogP contribution in [0.15, 0.2) is 24.4 Å². The largest absolute Gasteiger partial charge is 0.348 e. The van der Waals surface area contributed by atoms with Crippen LogP contribution in [0.3, 0.4) is 0 Å². The summed E-state index contributed by atoms with van der Waals surface area (Å²) in [7, 11) is 0. The molecular formula is C10H9F2N. The quantitative estimate of drug-likeness (QED) is 0.637. The molecule has 2 aromatic rings. The van der Waals surface area contributed by atoms with Crippen LogP contribution in [0.4, 0.5) is 8.78 Å². The van der Waals surface area contributed by atoms with E-state index in [0.29, 0.717) is 5.39 Å². The summed E-state index contributed by atoms with van der Waals surface area (Å²) in [5, 5.41) is 0.349. The molecular weight excluding hydrogens is 172 g/mol. The van der Waals surface area contributed by atoms with Crippen molar-refractivity contribution >= 4 is 10.9 Å². The lowest BCUT2D eigenvalue weighted by Crippen LogP contribution is -1.92. The Morgan fingerprint density at radius 1 is 1.23 bits per heavy atom. The van der Waals surface area contributed by atoms with E-state index in [2.05, 4.69) is 0 Å². The molecule has 1 aromatic heterocycles. The highest BCUT2D eigenvalue weighted by molar-refractivity contribution is 5.80. The molecule has 0 spiro atoms. The van der Waals surface area contributed by atoms with Gasteiger partial charge in [-0.15, -0.1) is 0 Å². The van der Waals surface area contributed by atoms with Crippen LogP contribution in [-0.4, -0.2) is 4.57 Å². The SMILES string of the molecule is CCn1ccc2c(F)c(F)ccc21. The molecule has 0 aliphatic rings. The second kappa shape index (κ2) is 2.83. The summed E-state index contributed by atoms with van der Waals surface area (Å²) >= 11 is 0. The number of rotatable bonds is 1.